The summed E-state index contributed by atoms with van der Waals surface area (Å²) < 4.78 is 36.1. The molecule has 6 nitrogen and oxygen atoms in total. The zero-order valence-electron chi connectivity index (χ0n) is 16.3. The molecule has 0 bridgehead atoms. The lowest BCUT2D eigenvalue weighted by atomic mass is 9.86. The smallest absolute Gasteiger partial charge is 0.225 e. The van der Waals surface area contributed by atoms with E-state index in [-0.39, 0.29) is 28.4 Å². The second kappa shape index (κ2) is 7.83. The number of benzene rings is 2. The molecule has 0 fully saturated rings. The molecule has 7 heteroatoms. The minimum absolute atomic E-state index is 0.125. The maximum atomic E-state index is 12.6. The average molecular weight is 404 g/mol. The summed E-state index contributed by atoms with van der Waals surface area (Å²) in [6, 6.07) is 12.1. The normalized spacial score (nSPS) is 13.8. The van der Waals surface area contributed by atoms with Crippen LogP contribution in [-0.2, 0) is 20.0 Å². The van der Waals surface area contributed by atoms with E-state index in [2.05, 4.69) is 26.1 Å². The number of amides is 1. The van der Waals surface area contributed by atoms with Gasteiger partial charge in [0.15, 0.2) is 21.3 Å². The third-order valence-corrected chi connectivity index (χ3v) is 6.19. The number of ether oxygens (including phenoxy) is 2. The Morgan fingerprint density at radius 1 is 1.04 bits per heavy atom. The third-order valence-electron chi connectivity index (χ3n) is 4.48. The van der Waals surface area contributed by atoms with E-state index in [0.717, 1.165) is 5.56 Å². The van der Waals surface area contributed by atoms with Gasteiger partial charge in [-0.05, 0) is 29.2 Å². The summed E-state index contributed by atoms with van der Waals surface area (Å²) in [7, 11) is -3.62. The molecule has 1 aliphatic rings. The SMILES string of the molecule is CC(C)(C)c1ccccc1NC(=O)CCS(=O)(=O)c1ccc2c(c1)OCCO2. The molecular weight excluding hydrogens is 378 g/mol. The molecule has 150 valence electrons. The van der Waals surface area contributed by atoms with Gasteiger partial charge >= 0.3 is 0 Å². The maximum Gasteiger partial charge on any atom is 0.225 e. The summed E-state index contributed by atoms with van der Waals surface area (Å²) in [6.07, 6.45) is -0.130. The molecule has 0 atom stereocenters. The lowest BCUT2D eigenvalue weighted by Gasteiger charge is -2.23. The summed E-state index contributed by atoms with van der Waals surface area (Å²) in [5, 5.41) is 2.84. The molecule has 0 saturated carbocycles. The van der Waals surface area contributed by atoms with Gasteiger partial charge in [-0.3, -0.25) is 4.79 Å². The van der Waals surface area contributed by atoms with Crippen LogP contribution in [0.25, 0.3) is 0 Å². The number of hydrogen-bond donors (Lipinski definition) is 1. The molecule has 1 heterocycles. The van der Waals surface area contributed by atoms with Crippen LogP contribution in [0.3, 0.4) is 0 Å². The van der Waals surface area contributed by atoms with Gasteiger partial charge in [0, 0.05) is 18.2 Å². The van der Waals surface area contributed by atoms with Crippen LogP contribution in [0, 0.1) is 0 Å². The zero-order valence-corrected chi connectivity index (χ0v) is 17.1. The first-order valence-electron chi connectivity index (χ1n) is 9.18. The Hall–Kier alpha value is -2.54. The van der Waals surface area contributed by atoms with Crippen LogP contribution in [0.2, 0.25) is 0 Å². The molecule has 2 aromatic rings. The van der Waals surface area contributed by atoms with Gasteiger partial charge in [0.25, 0.3) is 0 Å². The Kier molecular flexibility index (Phi) is 5.65. The van der Waals surface area contributed by atoms with Crippen LogP contribution in [0.5, 0.6) is 11.5 Å². The van der Waals surface area contributed by atoms with E-state index in [1.165, 1.54) is 12.1 Å². The lowest BCUT2D eigenvalue weighted by molar-refractivity contribution is -0.115. The quantitative estimate of drug-likeness (QED) is 0.826. The van der Waals surface area contributed by atoms with Gasteiger partial charge in [-0.1, -0.05) is 39.0 Å². The van der Waals surface area contributed by atoms with Crippen molar-refractivity contribution in [2.24, 2.45) is 0 Å². The average Bonchev–Trinajstić information content (AvgIpc) is 2.66. The summed E-state index contributed by atoms with van der Waals surface area (Å²) in [5.74, 6) is 0.325. The molecule has 0 unspecified atom stereocenters. The second-order valence-electron chi connectivity index (χ2n) is 7.72. The van der Waals surface area contributed by atoms with Crippen molar-refractivity contribution in [1.29, 1.82) is 0 Å². The fourth-order valence-electron chi connectivity index (χ4n) is 3.02. The topological polar surface area (TPSA) is 81.7 Å². The minimum Gasteiger partial charge on any atom is -0.486 e. The molecule has 0 spiro atoms. The molecule has 0 aromatic heterocycles. The van der Waals surface area contributed by atoms with E-state index < -0.39 is 9.84 Å². The number of sulfone groups is 1. The molecule has 3 rings (SSSR count). The molecule has 28 heavy (non-hydrogen) atoms. The fraction of sp³-hybridized carbons (Fsp3) is 0.381. The number of carbonyl (C=O) groups excluding carboxylic acids is 1. The Balaban J connectivity index is 1.68. The second-order valence-corrected chi connectivity index (χ2v) is 9.83. The van der Waals surface area contributed by atoms with Gasteiger partial charge in [-0.15, -0.1) is 0 Å². The number of nitrogens with one attached hydrogen (secondary N) is 1. The van der Waals surface area contributed by atoms with Crippen LogP contribution >= 0.6 is 0 Å². The Morgan fingerprint density at radius 2 is 1.71 bits per heavy atom. The van der Waals surface area contributed by atoms with Crippen molar-refractivity contribution >= 4 is 21.4 Å². The van der Waals surface area contributed by atoms with Gasteiger partial charge in [0.2, 0.25) is 5.91 Å². The number of hydrogen-bond acceptors (Lipinski definition) is 5. The van der Waals surface area contributed by atoms with E-state index in [9.17, 15) is 13.2 Å². The number of fused-ring (bicyclic) bond motifs is 1. The molecule has 0 saturated heterocycles. The molecule has 1 aliphatic heterocycles. The Labute approximate surface area is 165 Å². The largest absolute Gasteiger partial charge is 0.486 e. The number of carbonyl (C=O) groups is 1. The number of rotatable bonds is 5. The highest BCUT2D eigenvalue weighted by atomic mass is 32.2. The van der Waals surface area contributed by atoms with E-state index in [1.807, 2.05) is 24.3 Å². The van der Waals surface area contributed by atoms with E-state index in [0.29, 0.717) is 30.4 Å². The van der Waals surface area contributed by atoms with Gasteiger partial charge in [0.05, 0.1) is 10.6 Å². The first-order valence-corrected chi connectivity index (χ1v) is 10.8. The predicted octanol–water partition coefficient (Wildman–Crippen LogP) is 3.56. The molecule has 0 radical (unpaired) electrons. The highest BCUT2D eigenvalue weighted by molar-refractivity contribution is 7.91. The fourth-order valence-corrected chi connectivity index (χ4v) is 4.27. The monoisotopic (exact) mass is 403 g/mol. The van der Waals surface area contributed by atoms with Crippen molar-refractivity contribution in [3.8, 4) is 11.5 Å². The van der Waals surface area contributed by atoms with Crippen LogP contribution in [-0.4, -0.2) is 33.3 Å². The lowest BCUT2D eigenvalue weighted by Crippen LogP contribution is -2.21. The standard InChI is InChI=1S/C21H25NO5S/c1-21(2,3)16-6-4-5-7-17(16)22-20(23)10-13-28(24,25)15-8-9-18-19(14-15)27-12-11-26-18/h4-9,14H,10-13H2,1-3H3,(H,22,23). The van der Waals surface area contributed by atoms with Crippen molar-refractivity contribution in [3.05, 3.63) is 48.0 Å². The van der Waals surface area contributed by atoms with Crippen molar-refractivity contribution in [3.63, 3.8) is 0 Å². The van der Waals surface area contributed by atoms with Crippen LogP contribution < -0.4 is 14.8 Å². The van der Waals surface area contributed by atoms with Crippen LogP contribution in [0.1, 0.15) is 32.8 Å². The zero-order chi connectivity index (χ0) is 20.4. The summed E-state index contributed by atoms with van der Waals surface area (Å²) in [6.45, 7) is 7.00. The summed E-state index contributed by atoms with van der Waals surface area (Å²) >= 11 is 0. The van der Waals surface area contributed by atoms with Crippen molar-refractivity contribution < 1.29 is 22.7 Å². The van der Waals surface area contributed by atoms with E-state index >= 15 is 0 Å². The van der Waals surface area contributed by atoms with Crippen molar-refractivity contribution in [2.45, 2.75) is 37.5 Å². The maximum absolute atomic E-state index is 12.6. The van der Waals surface area contributed by atoms with Gasteiger partial charge in [0.1, 0.15) is 13.2 Å². The van der Waals surface area contributed by atoms with Gasteiger partial charge in [-0.2, -0.15) is 0 Å². The minimum atomic E-state index is -3.62. The van der Waals surface area contributed by atoms with Gasteiger partial charge in [-0.25, -0.2) is 8.42 Å². The van der Waals surface area contributed by atoms with Crippen molar-refractivity contribution in [2.75, 3.05) is 24.3 Å². The first kappa shape index (κ1) is 20.2. The van der Waals surface area contributed by atoms with Crippen molar-refractivity contribution in [1.82, 2.24) is 0 Å². The molecular formula is C21H25NO5S. The third kappa shape index (κ3) is 4.65. The predicted molar refractivity (Wildman–Crippen MR) is 108 cm³/mol. The summed E-state index contributed by atoms with van der Waals surface area (Å²) in [5.41, 5.74) is 1.57. The van der Waals surface area contributed by atoms with Crippen LogP contribution in [0.4, 0.5) is 5.69 Å². The van der Waals surface area contributed by atoms with E-state index in [4.69, 9.17) is 9.47 Å². The highest BCUT2D eigenvalue weighted by Gasteiger charge is 2.22. The van der Waals surface area contributed by atoms with E-state index in [1.54, 1.807) is 6.07 Å². The van der Waals surface area contributed by atoms with Crippen LogP contribution in [0.15, 0.2) is 47.4 Å². The first-order chi connectivity index (χ1) is 13.2. The van der Waals surface area contributed by atoms with Gasteiger partial charge < -0.3 is 14.8 Å². The summed E-state index contributed by atoms with van der Waals surface area (Å²) in [4.78, 5) is 12.5. The molecule has 2 aromatic carbocycles. The molecule has 1 amide bonds. The highest BCUT2D eigenvalue weighted by Crippen LogP contribution is 2.33. The number of anilines is 1. The Morgan fingerprint density at radius 3 is 2.43 bits per heavy atom. The number of para-hydroxylation sites is 1. The molecule has 1 N–H and O–H groups in total. The Bertz CT molecular complexity index is 977. The molecule has 0 aliphatic carbocycles.